The van der Waals surface area contributed by atoms with E-state index in [0.717, 1.165) is 19.3 Å². The number of hydrogen-bond acceptors (Lipinski definition) is 2. The molecule has 0 radical (unpaired) electrons. The zero-order chi connectivity index (χ0) is 14.7. The summed E-state index contributed by atoms with van der Waals surface area (Å²) in [6, 6.07) is 4.89. The second kappa shape index (κ2) is 6.25. The maximum atomic E-state index is 13.8. The molecule has 2 unspecified atom stereocenters. The number of benzene rings is 1. The van der Waals surface area contributed by atoms with Crippen LogP contribution in [-0.2, 0) is 0 Å². The fraction of sp³-hybridized carbons (Fsp3) is 0.562. The maximum Gasteiger partial charge on any atom is 0.256 e. The molecule has 1 aromatic carbocycles. The summed E-state index contributed by atoms with van der Waals surface area (Å²) in [6.07, 6.45) is 4.59. The lowest BCUT2D eigenvalue weighted by Gasteiger charge is -2.36. The highest BCUT2D eigenvalue weighted by atomic mass is 19.1. The summed E-state index contributed by atoms with van der Waals surface area (Å²) in [6.45, 7) is 2.19. The number of amides is 1. The van der Waals surface area contributed by atoms with Crippen molar-refractivity contribution in [2.45, 2.75) is 38.6 Å². The Kier molecular flexibility index (Phi) is 4.63. The minimum Gasteiger partial charge on any atom is -0.385 e. The van der Waals surface area contributed by atoms with Crippen LogP contribution >= 0.6 is 0 Å². The van der Waals surface area contributed by atoms with Crippen LogP contribution in [-0.4, -0.2) is 30.9 Å². The smallest absolute Gasteiger partial charge is 0.256 e. The Morgan fingerprint density at radius 2 is 2.05 bits per heavy atom. The first-order valence-electron chi connectivity index (χ1n) is 7.29. The second-order valence-corrected chi connectivity index (χ2v) is 5.66. The van der Waals surface area contributed by atoms with Crippen LogP contribution in [0.15, 0.2) is 18.2 Å². The number of carbonyl (C=O) groups is 1. The molecule has 0 aromatic heterocycles. The molecule has 1 aromatic rings. The molecular formula is C16H23FN2O. The molecule has 1 amide bonds. The van der Waals surface area contributed by atoms with Crippen LogP contribution in [0.3, 0.4) is 0 Å². The molecule has 1 fully saturated rings. The van der Waals surface area contributed by atoms with Gasteiger partial charge in [-0.25, -0.2) is 4.39 Å². The third-order valence-corrected chi connectivity index (χ3v) is 4.38. The minimum atomic E-state index is -0.386. The molecule has 0 bridgehead atoms. The second-order valence-electron chi connectivity index (χ2n) is 5.66. The fourth-order valence-corrected chi connectivity index (χ4v) is 3.17. The fourth-order valence-electron chi connectivity index (χ4n) is 3.17. The van der Waals surface area contributed by atoms with E-state index in [4.69, 9.17) is 0 Å². The molecule has 110 valence electrons. The van der Waals surface area contributed by atoms with Gasteiger partial charge < -0.3 is 10.2 Å². The number of nitrogens with zero attached hydrogens (tertiary/aromatic N) is 1. The lowest BCUT2D eigenvalue weighted by molar-refractivity contribution is 0.0629. The lowest BCUT2D eigenvalue weighted by Crippen LogP contribution is -2.42. The Morgan fingerprint density at radius 1 is 1.35 bits per heavy atom. The summed E-state index contributed by atoms with van der Waals surface area (Å²) in [5.41, 5.74) is 0.695. The van der Waals surface area contributed by atoms with Crippen molar-refractivity contribution < 1.29 is 9.18 Å². The van der Waals surface area contributed by atoms with E-state index in [1.807, 2.05) is 7.05 Å². The molecule has 2 rings (SSSR count). The van der Waals surface area contributed by atoms with Crippen molar-refractivity contribution in [3.63, 3.8) is 0 Å². The van der Waals surface area contributed by atoms with Crippen LogP contribution in [0.1, 0.15) is 43.0 Å². The third-order valence-electron chi connectivity index (χ3n) is 4.38. The average molecular weight is 278 g/mol. The number of carbonyl (C=O) groups excluding carboxylic acids is 1. The van der Waals surface area contributed by atoms with E-state index in [1.165, 1.54) is 12.5 Å². The monoisotopic (exact) mass is 278 g/mol. The van der Waals surface area contributed by atoms with Crippen molar-refractivity contribution in [2.75, 3.05) is 19.4 Å². The van der Waals surface area contributed by atoms with E-state index in [0.29, 0.717) is 11.5 Å². The van der Waals surface area contributed by atoms with Gasteiger partial charge in [0.15, 0.2) is 0 Å². The van der Waals surface area contributed by atoms with Gasteiger partial charge in [0, 0.05) is 20.1 Å². The zero-order valence-corrected chi connectivity index (χ0v) is 12.4. The number of nitrogens with one attached hydrogen (secondary N) is 1. The van der Waals surface area contributed by atoms with Crippen LogP contribution in [0.4, 0.5) is 10.1 Å². The predicted molar refractivity (Wildman–Crippen MR) is 79.5 cm³/mol. The van der Waals surface area contributed by atoms with Crippen LogP contribution in [0.2, 0.25) is 0 Å². The summed E-state index contributed by atoms with van der Waals surface area (Å²) in [5.74, 6) is 0.0142. The molecule has 0 aliphatic heterocycles. The summed E-state index contributed by atoms with van der Waals surface area (Å²) in [7, 11) is 3.47. The summed E-state index contributed by atoms with van der Waals surface area (Å²) >= 11 is 0. The van der Waals surface area contributed by atoms with Crippen LogP contribution in [0, 0.1) is 11.7 Å². The topological polar surface area (TPSA) is 32.3 Å². The van der Waals surface area contributed by atoms with E-state index < -0.39 is 0 Å². The van der Waals surface area contributed by atoms with Crippen molar-refractivity contribution in [1.29, 1.82) is 0 Å². The largest absolute Gasteiger partial charge is 0.385 e. The van der Waals surface area contributed by atoms with Crippen molar-refractivity contribution in [1.82, 2.24) is 4.90 Å². The summed E-state index contributed by atoms with van der Waals surface area (Å²) < 4.78 is 13.8. The van der Waals surface area contributed by atoms with E-state index in [2.05, 4.69) is 12.2 Å². The number of halogens is 1. The van der Waals surface area contributed by atoms with E-state index >= 15 is 0 Å². The number of hydrogen-bond donors (Lipinski definition) is 1. The van der Waals surface area contributed by atoms with Crippen LogP contribution in [0.5, 0.6) is 0 Å². The lowest BCUT2D eigenvalue weighted by atomic mass is 9.85. The van der Waals surface area contributed by atoms with Gasteiger partial charge in [-0.15, -0.1) is 0 Å². The van der Waals surface area contributed by atoms with Gasteiger partial charge in [-0.05, 0) is 30.9 Å². The van der Waals surface area contributed by atoms with Gasteiger partial charge in [0.25, 0.3) is 5.91 Å². The highest BCUT2D eigenvalue weighted by molar-refractivity contribution is 5.99. The van der Waals surface area contributed by atoms with Crippen LogP contribution < -0.4 is 5.32 Å². The summed E-state index contributed by atoms with van der Waals surface area (Å²) in [4.78, 5) is 14.4. The maximum absolute atomic E-state index is 13.8. The van der Waals surface area contributed by atoms with Crippen molar-refractivity contribution >= 4 is 11.6 Å². The average Bonchev–Trinajstić information content (AvgIpc) is 2.46. The highest BCUT2D eigenvalue weighted by Crippen LogP contribution is 2.29. The van der Waals surface area contributed by atoms with Crippen molar-refractivity contribution in [3.8, 4) is 0 Å². The molecule has 1 N–H and O–H groups in total. The predicted octanol–water partition coefficient (Wildman–Crippen LogP) is 3.52. The van der Waals surface area contributed by atoms with Crippen molar-refractivity contribution in [2.24, 2.45) is 5.92 Å². The Bertz CT molecular complexity index is 489. The minimum absolute atomic E-state index is 0.104. The first kappa shape index (κ1) is 14.8. The number of rotatable bonds is 3. The van der Waals surface area contributed by atoms with Gasteiger partial charge in [-0.3, -0.25) is 4.79 Å². The molecule has 0 heterocycles. The molecule has 20 heavy (non-hydrogen) atoms. The molecule has 2 atom stereocenters. The zero-order valence-electron chi connectivity index (χ0n) is 12.4. The Labute approximate surface area is 120 Å². The number of para-hydroxylation sites is 1. The molecule has 3 nitrogen and oxygen atoms in total. The molecule has 1 aliphatic carbocycles. The van der Waals surface area contributed by atoms with Gasteiger partial charge in [0.2, 0.25) is 0 Å². The van der Waals surface area contributed by atoms with Crippen LogP contribution in [0.25, 0.3) is 0 Å². The normalized spacial score (nSPS) is 22.4. The Hall–Kier alpha value is -1.58. The van der Waals surface area contributed by atoms with Gasteiger partial charge >= 0.3 is 0 Å². The quantitative estimate of drug-likeness (QED) is 0.917. The standard InChI is InChI=1S/C16H23FN2O/c1-11-7-4-5-10-14(11)19(3)16(20)12-8-6-9-13(17)15(12)18-2/h6,8-9,11,14,18H,4-5,7,10H2,1-3H3. The Morgan fingerprint density at radius 3 is 2.70 bits per heavy atom. The van der Waals surface area contributed by atoms with Gasteiger partial charge in [0.05, 0.1) is 11.3 Å². The van der Waals surface area contributed by atoms with E-state index in [-0.39, 0.29) is 23.5 Å². The Balaban J connectivity index is 2.24. The third kappa shape index (κ3) is 2.79. The molecule has 0 saturated heterocycles. The van der Waals surface area contributed by atoms with Gasteiger partial charge in [-0.1, -0.05) is 25.8 Å². The molecule has 1 saturated carbocycles. The molecule has 1 aliphatic rings. The van der Waals surface area contributed by atoms with Gasteiger partial charge in [0.1, 0.15) is 5.82 Å². The first-order chi connectivity index (χ1) is 9.56. The highest BCUT2D eigenvalue weighted by Gasteiger charge is 2.29. The molecular weight excluding hydrogens is 255 g/mol. The van der Waals surface area contributed by atoms with E-state index in [9.17, 15) is 9.18 Å². The molecule has 4 heteroatoms. The SMILES string of the molecule is CNc1c(F)cccc1C(=O)N(C)C1CCCCC1C. The van der Waals surface area contributed by atoms with Crippen molar-refractivity contribution in [3.05, 3.63) is 29.6 Å². The molecule has 0 spiro atoms. The number of anilines is 1. The van der Waals surface area contributed by atoms with Gasteiger partial charge in [-0.2, -0.15) is 0 Å². The summed E-state index contributed by atoms with van der Waals surface area (Å²) in [5, 5.41) is 2.79. The first-order valence-corrected chi connectivity index (χ1v) is 7.29. The van der Waals surface area contributed by atoms with E-state index in [1.54, 1.807) is 24.1 Å².